The van der Waals surface area contributed by atoms with Crippen molar-refractivity contribution in [3.05, 3.63) is 66.3 Å². The van der Waals surface area contributed by atoms with Crippen molar-refractivity contribution in [2.24, 2.45) is 0 Å². The Kier molecular flexibility index (Phi) is 12.2. The lowest BCUT2D eigenvalue weighted by atomic mass is 10.1. The molecule has 1 fully saturated rings. The summed E-state index contributed by atoms with van der Waals surface area (Å²) in [5.41, 5.74) is 1.91. The van der Waals surface area contributed by atoms with Crippen LogP contribution in [-0.2, 0) is 24.6 Å². The summed E-state index contributed by atoms with van der Waals surface area (Å²) >= 11 is 0. The number of carbonyl (C=O) groups excluding carboxylic acids is 2. The first kappa shape index (κ1) is 45.6. The molecule has 6 rings (SSSR count). The van der Waals surface area contributed by atoms with Crippen molar-refractivity contribution in [1.82, 2.24) is 39.4 Å². The molecule has 326 valence electrons. The van der Waals surface area contributed by atoms with Gasteiger partial charge in [-0.15, -0.1) is 5.10 Å². The van der Waals surface area contributed by atoms with Gasteiger partial charge < -0.3 is 22.8 Å². The van der Waals surface area contributed by atoms with Crippen LogP contribution in [0.1, 0.15) is 95.0 Å². The van der Waals surface area contributed by atoms with Gasteiger partial charge in [0.2, 0.25) is 5.88 Å². The topological polar surface area (TPSA) is 158 Å². The van der Waals surface area contributed by atoms with Crippen LogP contribution in [0.15, 0.2) is 49.4 Å². The molecule has 60 heavy (non-hydrogen) atoms. The van der Waals surface area contributed by atoms with Crippen LogP contribution in [0, 0.1) is 0 Å². The maximum Gasteiger partial charge on any atom is 0.261 e. The van der Waals surface area contributed by atoms with E-state index in [1.54, 1.807) is 42.9 Å². The van der Waals surface area contributed by atoms with Crippen LogP contribution in [0.4, 0.5) is 0 Å². The molecular weight excluding hydrogens is 813 g/mol. The zero-order valence-electron chi connectivity index (χ0n) is 38.1. The third-order valence-electron chi connectivity index (χ3n) is 13.1. The van der Waals surface area contributed by atoms with Crippen LogP contribution in [0.25, 0.3) is 17.1 Å². The van der Waals surface area contributed by atoms with Gasteiger partial charge in [0.25, 0.3) is 17.8 Å². The smallest absolute Gasteiger partial charge is 0.261 e. The van der Waals surface area contributed by atoms with E-state index in [1.165, 1.54) is 4.68 Å². The van der Waals surface area contributed by atoms with Crippen LogP contribution in [-0.4, -0.2) is 108 Å². The standard InChI is InChI=1S/C42H64N8O7Si3/c1-17-22-53-35-31-34(44-39(45-35)50-24-27(46-47-50)23-48-36(51)28-20-18-19-21-29(28)37(48)52)49(26-43-31)38-33(57-60(15,16)42(8,9)10)32(56-59(13,14)41(5,6)7)30(55-38)25-54-58(11,12)40(2,3)4/h17-21,24,26,30,32-33,38H,1,22-23,25H2,2-16H3/t30-,32-,33-,38-/m1/s1. The SMILES string of the molecule is C=CCOc1nc(-n2cc(CN3C(=O)c4ccccc4C3=O)nn2)nc2c1ncn2[C@@H]1O[C@H](CO[Si](C)(C)C(C)(C)C)[C@@H](O[Si](C)(C)C(C)(C)C)[C@H]1O[Si](C)(C)C(C)(C)C. The summed E-state index contributed by atoms with van der Waals surface area (Å²) in [6.45, 7) is 37.8. The van der Waals surface area contributed by atoms with E-state index in [4.69, 9.17) is 37.7 Å². The Morgan fingerprint density at radius 2 is 1.38 bits per heavy atom. The summed E-state index contributed by atoms with van der Waals surface area (Å²) in [6, 6.07) is 6.75. The van der Waals surface area contributed by atoms with Gasteiger partial charge in [-0.25, -0.2) is 4.98 Å². The van der Waals surface area contributed by atoms with Gasteiger partial charge in [0, 0.05) is 0 Å². The molecule has 0 radical (unpaired) electrons. The highest BCUT2D eigenvalue weighted by molar-refractivity contribution is 6.75. The highest BCUT2D eigenvalue weighted by Crippen LogP contribution is 2.47. The van der Waals surface area contributed by atoms with Crippen molar-refractivity contribution in [3.8, 4) is 11.8 Å². The molecule has 1 aromatic carbocycles. The molecule has 15 nitrogen and oxygen atoms in total. The Balaban J connectivity index is 1.44. The lowest BCUT2D eigenvalue weighted by molar-refractivity contribution is -0.0470. The van der Waals surface area contributed by atoms with Crippen LogP contribution in [0.3, 0.4) is 0 Å². The maximum atomic E-state index is 13.1. The Hall–Kier alpha value is -3.92. The first-order chi connectivity index (χ1) is 27.7. The molecule has 0 saturated carbocycles. The fourth-order valence-corrected chi connectivity index (χ4v) is 9.91. The largest absolute Gasteiger partial charge is 0.472 e. The summed E-state index contributed by atoms with van der Waals surface area (Å²) in [7, 11) is -7.07. The monoisotopic (exact) mass is 876 g/mol. The number of ether oxygens (including phenoxy) is 2. The minimum Gasteiger partial charge on any atom is -0.472 e. The Morgan fingerprint density at radius 3 is 1.93 bits per heavy atom. The fourth-order valence-electron chi connectivity index (χ4n) is 6.30. The van der Waals surface area contributed by atoms with Crippen molar-refractivity contribution in [2.75, 3.05) is 13.2 Å². The quantitative estimate of drug-likeness (QED) is 0.0677. The lowest BCUT2D eigenvalue weighted by Gasteiger charge is -2.44. The summed E-state index contributed by atoms with van der Waals surface area (Å²) in [5.74, 6) is -0.433. The number of hydrogen-bond acceptors (Lipinski definition) is 12. The van der Waals surface area contributed by atoms with Gasteiger partial charge in [-0.1, -0.05) is 92.3 Å². The summed E-state index contributed by atoms with van der Waals surface area (Å²) < 4.78 is 38.2. The highest BCUT2D eigenvalue weighted by atomic mass is 28.4. The first-order valence-corrected chi connectivity index (χ1v) is 29.4. The number of fused-ring (bicyclic) bond motifs is 2. The number of amides is 2. The number of rotatable bonds is 14. The van der Waals surface area contributed by atoms with Crippen LogP contribution >= 0.6 is 0 Å². The molecule has 1 saturated heterocycles. The molecule has 4 aromatic rings. The van der Waals surface area contributed by atoms with E-state index in [2.05, 4.69) is 118 Å². The lowest BCUT2D eigenvalue weighted by Crippen LogP contribution is -2.54. The third kappa shape index (κ3) is 8.73. The zero-order chi connectivity index (χ0) is 44.4. The van der Waals surface area contributed by atoms with E-state index in [0.29, 0.717) is 34.6 Å². The molecule has 0 bridgehead atoms. The molecule has 2 amide bonds. The van der Waals surface area contributed by atoms with E-state index in [0.717, 1.165) is 4.90 Å². The summed E-state index contributed by atoms with van der Waals surface area (Å²) in [5, 5.41) is 8.39. The molecule has 18 heteroatoms. The predicted molar refractivity (Wildman–Crippen MR) is 238 cm³/mol. The molecule has 2 aliphatic rings. The highest BCUT2D eigenvalue weighted by Gasteiger charge is 2.55. The number of imide groups is 1. The van der Waals surface area contributed by atoms with E-state index in [9.17, 15) is 9.59 Å². The van der Waals surface area contributed by atoms with Crippen molar-refractivity contribution < 1.29 is 32.3 Å². The van der Waals surface area contributed by atoms with Gasteiger partial charge in [0.15, 0.2) is 42.3 Å². The van der Waals surface area contributed by atoms with Crippen LogP contribution in [0.2, 0.25) is 54.4 Å². The van der Waals surface area contributed by atoms with Gasteiger partial charge in [0.1, 0.15) is 30.6 Å². The Morgan fingerprint density at radius 1 is 0.817 bits per heavy atom. The molecular formula is C42H64N8O7Si3. The number of imidazole rings is 1. The molecule has 0 unspecified atom stereocenters. The Labute approximate surface area is 357 Å². The minimum atomic E-state index is -2.46. The number of nitrogens with zero attached hydrogens (tertiary/aromatic N) is 8. The number of carbonyl (C=O) groups is 2. The zero-order valence-corrected chi connectivity index (χ0v) is 41.1. The Bertz CT molecular complexity index is 2220. The number of benzene rings is 1. The number of aromatic nitrogens is 7. The fraction of sp³-hybridized carbons (Fsp3) is 0.595. The van der Waals surface area contributed by atoms with Crippen LogP contribution in [0.5, 0.6) is 5.88 Å². The molecule has 0 N–H and O–H groups in total. The number of hydrogen-bond donors (Lipinski definition) is 0. The average molecular weight is 877 g/mol. The summed E-state index contributed by atoms with van der Waals surface area (Å²) in [4.78, 5) is 42.0. The normalized spacial score (nSPS) is 20.7. The van der Waals surface area contributed by atoms with Gasteiger partial charge in [0.05, 0.1) is 36.8 Å². The first-order valence-electron chi connectivity index (χ1n) is 20.7. The van der Waals surface area contributed by atoms with Crippen molar-refractivity contribution in [1.29, 1.82) is 0 Å². The molecule has 4 atom stereocenters. The second-order valence-electron chi connectivity index (χ2n) is 20.5. The van der Waals surface area contributed by atoms with Gasteiger partial charge in [-0.2, -0.15) is 14.6 Å². The maximum absolute atomic E-state index is 13.1. The van der Waals surface area contributed by atoms with E-state index >= 15 is 0 Å². The van der Waals surface area contributed by atoms with E-state index in [1.807, 2.05) is 4.57 Å². The molecule has 5 heterocycles. The minimum absolute atomic E-state index is 0.0146. The third-order valence-corrected chi connectivity index (χ3v) is 26.6. The van der Waals surface area contributed by atoms with Crippen molar-refractivity contribution in [2.45, 2.75) is 148 Å². The average Bonchev–Trinajstić information content (AvgIpc) is 3.91. The van der Waals surface area contributed by atoms with Crippen molar-refractivity contribution >= 4 is 47.9 Å². The predicted octanol–water partition coefficient (Wildman–Crippen LogP) is 8.47. The van der Waals surface area contributed by atoms with E-state index in [-0.39, 0.29) is 51.9 Å². The molecule has 3 aromatic heterocycles. The molecule has 0 aliphatic carbocycles. The van der Waals surface area contributed by atoms with Gasteiger partial charge in [-0.05, 0) is 66.5 Å². The second-order valence-corrected chi connectivity index (χ2v) is 34.8. The second kappa shape index (κ2) is 16.1. The van der Waals surface area contributed by atoms with E-state index < -0.39 is 49.5 Å². The van der Waals surface area contributed by atoms with Gasteiger partial charge >= 0.3 is 0 Å². The summed E-state index contributed by atoms with van der Waals surface area (Å²) in [6.07, 6.45) is 2.69. The van der Waals surface area contributed by atoms with Crippen LogP contribution < -0.4 is 4.74 Å². The van der Waals surface area contributed by atoms with Crippen molar-refractivity contribution in [3.63, 3.8) is 0 Å². The molecule has 2 aliphatic heterocycles. The van der Waals surface area contributed by atoms with Gasteiger partial charge in [-0.3, -0.25) is 19.1 Å². The molecule has 0 spiro atoms.